The molecule has 1 aliphatic heterocycles. The fourth-order valence-electron chi connectivity index (χ4n) is 1.93. The molecule has 1 unspecified atom stereocenters. The Labute approximate surface area is 90.8 Å². The van der Waals surface area contributed by atoms with Crippen molar-refractivity contribution in [2.45, 2.75) is 13.0 Å². The second kappa shape index (κ2) is 4.64. The molecule has 2 rings (SSSR count). The summed E-state index contributed by atoms with van der Waals surface area (Å²) in [7, 11) is 0. The van der Waals surface area contributed by atoms with E-state index in [0.29, 0.717) is 12.6 Å². The number of benzene rings is 1. The minimum atomic E-state index is 0.321. The van der Waals surface area contributed by atoms with Crippen LogP contribution in [0.1, 0.15) is 5.56 Å². The lowest BCUT2D eigenvalue weighted by atomic mass is 10.1. The zero-order chi connectivity index (χ0) is 10.7. The van der Waals surface area contributed by atoms with E-state index in [0.717, 1.165) is 19.8 Å². The topological polar surface area (TPSA) is 38.5 Å². The Kier molecular flexibility index (Phi) is 3.23. The molecule has 3 heteroatoms. The van der Waals surface area contributed by atoms with Gasteiger partial charge in [0.05, 0.1) is 19.3 Å². The number of hydrogen-bond donors (Lipinski definition) is 1. The second-order valence-corrected chi connectivity index (χ2v) is 3.99. The van der Waals surface area contributed by atoms with Gasteiger partial charge in [0.2, 0.25) is 0 Å². The molecule has 0 amide bonds. The monoisotopic (exact) mass is 206 g/mol. The van der Waals surface area contributed by atoms with Crippen LogP contribution in [0.5, 0.6) is 0 Å². The van der Waals surface area contributed by atoms with Crippen molar-refractivity contribution in [3.63, 3.8) is 0 Å². The molecule has 0 aliphatic carbocycles. The van der Waals surface area contributed by atoms with Crippen LogP contribution < -0.4 is 10.6 Å². The van der Waals surface area contributed by atoms with E-state index in [-0.39, 0.29) is 0 Å². The number of ether oxygens (including phenoxy) is 1. The number of anilines is 1. The Morgan fingerprint density at radius 1 is 1.40 bits per heavy atom. The molecule has 1 heterocycles. The lowest BCUT2D eigenvalue weighted by Crippen LogP contribution is -2.49. The van der Waals surface area contributed by atoms with Gasteiger partial charge in [0.25, 0.3) is 0 Å². The Morgan fingerprint density at radius 2 is 2.13 bits per heavy atom. The zero-order valence-electron chi connectivity index (χ0n) is 9.15. The van der Waals surface area contributed by atoms with E-state index in [2.05, 4.69) is 36.1 Å². The van der Waals surface area contributed by atoms with Gasteiger partial charge in [-0.2, -0.15) is 0 Å². The largest absolute Gasteiger partial charge is 0.377 e. The highest BCUT2D eigenvalue weighted by atomic mass is 16.5. The van der Waals surface area contributed by atoms with Crippen LogP contribution >= 0.6 is 0 Å². The van der Waals surface area contributed by atoms with E-state index in [1.54, 1.807) is 0 Å². The zero-order valence-corrected chi connectivity index (χ0v) is 9.15. The van der Waals surface area contributed by atoms with Gasteiger partial charge >= 0.3 is 0 Å². The number of aryl methyl sites for hydroxylation is 1. The van der Waals surface area contributed by atoms with Crippen LogP contribution in [0.2, 0.25) is 0 Å². The number of rotatable bonds is 2. The molecule has 0 bridgehead atoms. The molecule has 1 fully saturated rings. The third-order valence-electron chi connectivity index (χ3n) is 2.87. The van der Waals surface area contributed by atoms with Crippen LogP contribution in [0.4, 0.5) is 5.69 Å². The van der Waals surface area contributed by atoms with E-state index < -0.39 is 0 Å². The third-order valence-corrected chi connectivity index (χ3v) is 2.87. The van der Waals surface area contributed by atoms with Gasteiger partial charge in [0.15, 0.2) is 0 Å². The van der Waals surface area contributed by atoms with E-state index >= 15 is 0 Å². The van der Waals surface area contributed by atoms with Gasteiger partial charge in [-0.3, -0.25) is 0 Å². The van der Waals surface area contributed by atoms with Crippen molar-refractivity contribution in [2.24, 2.45) is 5.73 Å². The lowest BCUT2D eigenvalue weighted by Gasteiger charge is -2.36. The summed E-state index contributed by atoms with van der Waals surface area (Å²) in [6, 6.07) is 8.91. The Morgan fingerprint density at radius 3 is 2.80 bits per heavy atom. The van der Waals surface area contributed by atoms with Crippen molar-refractivity contribution in [3.8, 4) is 0 Å². The first kappa shape index (κ1) is 10.5. The van der Waals surface area contributed by atoms with E-state index in [1.165, 1.54) is 11.3 Å². The van der Waals surface area contributed by atoms with Crippen LogP contribution in [0, 0.1) is 6.92 Å². The summed E-state index contributed by atoms with van der Waals surface area (Å²) in [6.45, 7) is 5.22. The van der Waals surface area contributed by atoms with E-state index in [9.17, 15) is 0 Å². The van der Waals surface area contributed by atoms with Crippen LogP contribution in [0.25, 0.3) is 0 Å². The van der Waals surface area contributed by atoms with Crippen molar-refractivity contribution >= 4 is 5.69 Å². The van der Waals surface area contributed by atoms with Gasteiger partial charge in [-0.25, -0.2) is 0 Å². The number of nitrogens with two attached hydrogens (primary N) is 1. The molecule has 1 aromatic carbocycles. The summed E-state index contributed by atoms with van der Waals surface area (Å²) >= 11 is 0. The molecule has 3 nitrogen and oxygen atoms in total. The molecular formula is C12H18N2O. The van der Waals surface area contributed by atoms with Gasteiger partial charge in [0, 0.05) is 18.8 Å². The molecule has 1 aliphatic rings. The highest BCUT2D eigenvalue weighted by molar-refractivity contribution is 5.49. The molecule has 0 saturated carbocycles. The average molecular weight is 206 g/mol. The summed E-state index contributed by atoms with van der Waals surface area (Å²) in [5.41, 5.74) is 8.28. The smallest absolute Gasteiger partial charge is 0.0683 e. The summed E-state index contributed by atoms with van der Waals surface area (Å²) in [5.74, 6) is 0. The normalized spacial score (nSPS) is 21.7. The van der Waals surface area contributed by atoms with Crippen LogP contribution in [0.3, 0.4) is 0 Å². The highest BCUT2D eigenvalue weighted by Gasteiger charge is 2.21. The SMILES string of the molecule is Cc1ccc(N2CCOCC2CN)cc1. The minimum Gasteiger partial charge on any atom is -0.377 e. The summed E-state index contributed by atoms with van der Waals surface area (Å²) in [6.07, 6.45) is 0. The van der Waals surface area contributed by atoms with Gasteiger partial charge in [0.1, 0.15) is 0 Å². The fourth-order valence-corrected chi connectivity index (χ4v) is 1.93. The predicted molar refractivity (Wildman–Crippen MR) is 62.2 cm³/mol. The first-order valence-corrected chi connectivity index (χ1v) is 5.42. The first-order chi connectivity index (χ1) is 7.31. The standard InChI is InChI=1S/C12H18N2O/c1-10-2-4-11(5-3-10)14-6-7-15-9-12(14)8-13/h2-5,12H,6-9,13H2,1H3. The van der Waals surface area contributed by atoms with Crippen molar-refractivity contribution in [1.82, 2.24) is 0 Å². The summed E-state index contributed by atoms with van der Waals surface area (Å²) in [5, 5.41) is 0. The maximum Gasteiger partial charge on any atom is 0.0683 e. The quantitative estimate of drug-likeness (QED) is 0.789. The molecule has 1 saturated heterocycles. The third kappa shape index (κ3) is 2.30. The predicted octanol–water partition coefficient (Wildman–Crippen LogP) is 1.16. The Bertz CT molecular complexity index is 310. The van der Waals surface area contributed by atoms with Crippen molar-refractivity contribution in [2.75, 3.05) is 31.2 Å². The van der Waals surface area contributed by atoms with Crippen molar-refractivity contribution in [1.29, 1.82) is 0 Å². The van der Waals surface area contributed by atoms with Gasteiger partial charge in [-0.15, -0.1) is 0 Å². The number of nitrogens with zero attached hydrogens (tertiary/aromatic N) is 1. The van der Waals surface area contributed by atoms with Crippen LogP contribution in [-0.4, -0.2) is 32.3 Å². The molecular weight excluding hydrogens is 188 g/mol. The second-order valence-electron chi connectivity index (χ2n) is 3.99. The molecule has 0 aromatic heterocycles. The molecule has 82 valence electrons. The molecule has 1 aromatic rings. The minimum absolute atomic E-state index is 0.321. The fraction of sp³-hybridized carbons (Fsp3) is 0.500. The van der Waals surface area contributed by atoms with E-state index in [4.69, 9.17) is 10.5 Å². The van der Waals surface area contributed by atoms with E-state index in [1.807, 2.05) is 0 Å². The molecule has 0 spiro atoms. The maximum atomic E-state index is 5.74. The van der Waals surface area contributed by atoms with Gasteiger partial charge < -0.3 is 15.4 Å². The highest BCUT2D eigenvalue weighted by Crippen LogP contribution is 2.19. The lowest BCUT2D eigenvalue weighted by molar-refractivity contribution is 0.0963. The van der Waals surface area contributed by atoms with Gasteiger partial charge in [-0.1, -0.05) is 17.7 Å². The van der Waals surface area contributed by atoms with Gasteiger partial charge in [-0.05, 0) is 19.1 Å². The first-order valence-electron chi connectivity index (χ1n) is 5.42. The van der Waals surface area contributed by atoms with Crippen molar-refractivity contribution < 1.29 is 4.74 Å². The van der Waals surface area contributed by atoms with Crippen LogP contribution in [-0.2, 0) is 4.74 Å². The van der Waals surface area contributed by atoms with Crippen molar-refractivity contribution in [3.05, 3.63) is 29.8 Å². The number of hydrogen-bond acceptors (Lipinski definition) is 3. The molecule has 15 heavy (non-hydrogen) atoms. The Balaban J connectivity index is 2.16. The average Bonchev–Trinajstić information content (AvgIpc) is 2.30. The summed E-state index contributed by atoms with van der Waals surface area (Å²) in [4.78, 5) is 2.34. The number of morpholine rings is 1. The maximum absolute atomic E-state index is 5.74. The molecule has 1 atom stereocenters. The Hall–Kier alpha value is -1.06. The summed E-state index contributed by atoms with van der Waals surface area (Å²) < 4.78 is 5.43. The molecule has 2 N–H and O–H groups in total. The molecule has 0 radical (unpaired) electrons. The van der Waals surface area contributed by atoms with Crippen LogP contribution in [0.15, 0.2) is 24.3 Å².